The van der Waals surface area contributed by atoms with E-state index < -0.39 is 0 Å². The zero-order chi connectivity index (χ0) is 16.4. The minimum atomic E-state index is -0.0490. The number of nitrogens with one attached hydrogen (secondary N) is 1. The third-order valence-corrected chi connectivity index (χ3v) is 5.72. The monoisotopic (exact) mass is 343 g/mol. The zero-order valence-electron chi connectivity index (χ0n) is 13.4. The molecule has 2 aliphatic heterocycles. The number of pyridine rings is 1. The number of hydrogen-bond acceptors (Lipinski definition) is 5. The number of fused-ring (bicyclic) bond motifs is 1. The Kier molecular flexibility index (Phi) is 4.60. The lowest BCUT2D eigenvalue weighted by Gasteiger charge is -2.18. The van der Waals surface area contributed by atoms with E-state index in [0.29, 0.717) is 19.1 Å². The van der Waals surface area contributed by atoms with Gasteiger partial charge in [0.25, 0.3) is 0 Å². The first-order valence-electron chi connectivity index (χ1n) is 8.33. The maximum Gasteiger partial charge on any atom is 0.226 e. The highest BCUT2D eigenvalue weighted by atomic mass is 32.1. The van der Waals surface area contributed by atoms with Crippen LogP contribution in [0.4, 0.5) is 0 Å². The molecular formula is C18H21N3O2S. The first-order chi connectivity index (χ1) is 11.8. The van der Waals surface area contributed by atoms with Gasteiger partial charge in [-0.1, -0.05) is 12.1 Å². The molecule has 1 N–H and O–H groups in total. The molecule has 4 rings (SSSR count). The van der Waals surface area contributed by atoms with Crippen molar-refractivity contribution < 1.29 is 9.53 Å². The Hall–Kier alpha value is -1.76. The van der Waals surface area contributed by atoms with E-state index in [1.165, 1.54) is 4.88 Å². The van der Waals surface area contributed by atoms with Gasteiger partial charge in [-0.05, 0) is 23.6 Å². The average molecular weight is 343 g/mol. The van der Waals surface area contributed by atoms with E-state index in [-0.39, 0.29) is 17.9 Å². The van der Waals surface area contributed by atoms with Crippen LogP contribution in [0, 0.1) is 11.8 Å². The largest absolute Gasteiger partial charge is 0.376 e. The average Bonchev–Trinajstić information content (AvgIpc) is 3.31. The van der Waals surface area contributed by atoms with Gasteiger partial charge in [0.15, 0.2) is 0 Å². The maximum atomic E-state index is 12.5. The molecule has 0 aliphatic carbocycles. The van der Waals surface area contributed by atoms with Crippen LogP contribution in [-0.4, -0.2) is 41.6 Å². The SMILES string of the molecule is O=C(NCc1ccccn1)[C@H]1CO[C@@H]2CN(Cc3cccs3)C[C@H]12. The van der Waals surface area contributed by atoms with Crippen LogP contribution in [0.25, 0.3) is 0 Å². The zero-order valence-corrected chi connectivity index (χ0v) is 14.2. The van der Waals surface area contributed by atoms with Gasteiger partial charge in [0.05, 0.1) is 30.9 Å². The van der Waals surface area contributed by atoms with Gasteiger partial charge < -0.3 is 10.1 Å². The summed E-state index contributed by atoms with van der Waals surface area (Å²) >= 11 is 1.78. The fourth-order valence-electron chi connectivity index (χ4n) is 3.63. The first kappa shape index (κ1) is 15.7. The number of hydrogen-bond donors (Lipinski definition) is 1. The van der Waals surface area contributed by atoms with E-state index in [0.717, 1.165) is 25.3 Å². The Morgan fingerprint density at radius 1 is 1.33 bits per heavy atom. The predicted molar refractivity (Wildman–Crippen MR) is 92.4 cm³/mol. The Labute approximate surface area is 145 Å². The molecule has 2 fully saturated rings. The molecule has 0 bridgehead atoms. The molecule has 24 heavy (non-hydrogen) atoms. The molecule has 0 aromatic carbocycles. The second-order valence-electron chi connectivity index (χ2n) is 6.45. The number of ether oxygens (including phenoxy) is 1. The van der Waals surface area contributed by atoms with Crippen LogP contribution in [0.5, 0.6) is 0 Å². The van der Waals surface area contributed by atoms with Crippen LogP contribution in [0.3, 0.4) is 0 Å². The number of thiophene rings is 1. The van der Waals surface area contributed by atoms with E-state index in [2.05, 4.69) is 32.7 Å². The Bertz CT molecular complexity index is 677. The lowest BCUT2D eigenvalue weighted by atomic mass is 9.92. The first-order valence-corrected chi connectivity index (χ1v) is 9.21. The molecule has 0 spiro atoms. The van der Waals surface area contributed by atoms with Crippen molar-refractivity contribution in [3.8, 4) is 0 Å². The molecule has 126 valence electrons. The number of likely N-dealkylation sites (tertiary alicyclic amines) is 1. The molecule has 2 aromatic rings. The van der Waals surface area contributed by atoms with Crippen molar-refractivity contribution in [2.45, 2.75) is 19.2 Å². The number of carbonyl (C=O) groups excluding carboxylic acids is 1. The van der Waals surface area contributed by atoms with Gasteiger partial charge in [-0.15, -0.1) is 11.3 Å². The van der Waals surface area contributed by atoms with Crippen LogP contribution in [-0.2, 0) is 22.6 Å². The van der Waals surface area contributed by atoms with Crippen molar-refractivity contribution in [2.24, 2.45) is 11.8 Å². The fraction of sp³-hybridized carbons (Fsp3) is 0.444. The van der Waals surface area contributed by atoms with E-state index in [1.807, 2.05) is 18.2 Å². The highest BCUT2D eigenvalue weighted by molar-refractivity contribution is 7.09. The number of nitrogens with zero attached hydrogens (tertiary/aromatic N) is 2. The van der Waals surface area contributed by atoms with Gasteiger partial charge in [0.2, 0.25) is 5.91 Å². The number of amides is 1. The number of aromatic nitrogens is 1. The molecule has 2 aliphatic rings. The van der Waals surface area contributed by atoms with E-state index >= 15 is 0 Å². The van der Waals surface area contributed by atoms with Crippen LogP contribution in [0.1, 0.15) is 10.6 Å². The standard InChI is InChI=1S/C18H21N3O2S/c22-18(20-8-13-4-1-2-6-19-13)16-12-23-17-11-21(10-15(16)17)9-14-5-3-7-24-14/h1-7,15-17H,8-12H2,(H,20,22)/t15-,16+,17-/m1/s1. The lowest BCUT2D eigenvalue weighted by molar-refractivity contribution is -0.126. The summed E-state index contributed by atoms with van der Waals surface area (Å²) in [6.07, 6.45) is 1.94. The highest BCUT2D eigenvalue weighted by Gasteiger charge is 2.46. The predicted octanol–water partition coefficient (Wildman–Crippen LogP) is 1.91. The molecule has 6 heteroatoms. The Morgan fingerprint density at radius 2 is 2.29 bits per heavy atom. The summed E-state index contributed by atoms with van der Waals surface area (Å²) < 4.78 is 5.90. The Balaban J connectivity index is 1.32. The number of carbonyl (C=O) groups is 1. The smallest absolute Gasteiger partial charge is 0.226 e. The molecule has 2 aromatic heterocycles. The van der Waals surface area contributed by atoms with Crippen molar-refractivity contribution in [1.82, 2.24) is 15.2 Å². The third-order valence-electron chi connectivity index (χ3n) is 4.86. The molecule has 1 amide bonds. The molecule has 4 heterocycles. The van der Waals surface area contributed by atoms with Crippen molar-refractivity contribution in [3.05, 3.63) is 52.5 Å². The minimum absolute atomic E-state index is 0.0490. The fourth-order valence-corrected chi connectivity index (χ4v) is 4.37. The van der Waals surface area contributed by atoms with Gasteiger partial charge in [0, 0.05) is 36.6 Å². The third kappa shape index (κ3) is 3.36. The summed E-state index contributed by atoms with van der Waals surface area (Å²) in [5.41, 5.74) is 0.882. The minimum Gasteiger partial charge on any atom is -0.376 e. The summed E-state index contributed by atoms with van der Waals surface area (Å²) in [4.78, 5) is 20.6. The van der Waals surface area contributed by atoms with Crippen LogP contribution < -0.4 is 5.32 Å². The van der Waals surface area contributed by atoms with Crippen molar-refractivity contribution in [1.29, 1.82) is 0 Å². The van der Waals surface area contributed by atoms with Gasteiger partial charge in [-0.2, -0.15) is 0 Å². The summed E-state index contributed by atoms with van der Waals surface area (Å²) in [6, 6.07) is 9.98. The van der Waals surface area contributed by atoms with Crippen LogP contribution >= 0.6 is 11.3 Å². The van der Waals surface area contributed by atoms with Gasteiger partial charge >= 0.3 is 0 Å². The molecular weight excluding hydrogens is 322 g/mol. The normalized spacial score (nSPS) is 26.4. The van der Waals surface area contributed by atoms with E-state index in [1.54, 1.807) is 17.5 Å². The molecule has 5 nitrogen and oxygen atoms in total. The topological polar surface area (TPSA) is 54.5 Å². The highest BCUT2D eigenvalue weighted by Crippen LogP contribution is 2.34. The molecule has 0 unspecified atom stereocenters. The van der Waals surface area contributed by atoms with Crippen LogP contribution in [0.15, 0.2) is 41.9 Å². The molecule has 0 radical (unpaired) electrons. The van der Waals surface area contributed by atoms with Crippen molar-refractivity contribution in [3.63, 3.8) is 0 Å². The maximum absolute atomic E-state index is 12.5. The second-order valence-corrected chi connectivity index (χ2v) is 7.49. The van der Waals surface area contributed by atoms with E-state index in [4.69, 9.17) is 4.74 Å². The summed E-state index contributed by atoms with van der Waals surface area (Å²) in [5, 5.41) is 5.12. The van der Waals surface area contributed by atoms with Crippen molar-refractivity contribution in [2.75, 3.05) is 19.7 Å². The quantitative estimate of drug-likeness (QED) is 0.901. The second kappa shape index (κ2) is 7.01. The van der Waals surface area contributed by atoms with Gasteiger partial charge in [0.1, 0.15) is 0 Å². The molecule has 0 saturated carbocycles. The van der Waals surface area contributed by atoms with Gasteiger partial charge in [-0.3, -0.25) is 14.7 Å². The summed E-state index contributed by atoms with van der Waals surface area (Å²) in [6.45, 7) is 3.83. The van der Waals surface area contributed by atoms with Crippen molar-refractivity contribution >= 4 is 17.2 Å². The van der Waals surface area contributed by atoms with E-state index in [9.17, 15) is 4.79 Å². The Morgan fingerprint density at radius 3 is 3.08 bits per heavy atom. The molecule has 3 atom stereocenters. The number of rotatable bonds is 5. The molecule has 2 saturated heterocycles. The van der Waals surface area contributed by atoms with Crippen LogP contribution in [0.2, 0.25) is 0 Å². The van der Waals surface area contributed by atoms with Gasteiger partial charge in [-0.25, -0.2) is 0 Å². The summed E-state index contributed by atoms with van der Waals surface area (Å²) in [7, 11) is 0. The summed E-state index contributed by atoms with van der Waals surface area (Å²) in [5.74, 6) is 0.340. The lowest BCUT2D eigenvalue weighted by Crippen LogP contribution is -2.36.